The van der Waals surface area contributed by atoms with Crippen LogP contribution in [0.1, 0.15) is 33.3 Å². The topological polar surface area (TPSA) is 19.0 Å². The molecule has 2 rings (SSSR count). The number of hydrogen-bond donors (Lipinski definition) is 1. The molecule has 0 amide bonds. The van der Waals surface area contributed by atoms with Gasteiger partial charge in [0.25, 0.3) is 0 Å². The SMILES string of the molecule is CC(C)N(CCc1c[nH]c2ccc(F)cc12)C(C)C. The second-order valence-corrected chi connectivity index (χ2v) is 5.68. The monoisotopic (exact) mass is 262 g/mol. The number of aromatic amines is 1. The first-order valence-electron chi connectivity index (χ1n) is 7.00. The molecule has 1 N–H and O–H groups in total. The van der Waals surface area contributed by atoms with Crippen molar-refractivity contribution in [2.45, 2.75) is 46.2 Å². The predicted molar refractivity (Wildman–Crippen MR) is 78.9 cm³/mol. The zero-order valence-electron chi connectivity index (χ0n) is 12.2. The predicted octanol–water partition coefficient (Wildman–Crippen LogP) is 3.97. The first kappa shape index (κ1) is 14.1. The molecule has 0 aliphatic heterocycles. The largest absolute Gasteiger partial charge is 0.361 e. The quantitative estimate of drug-likeness (QED) is 0.864. The van der Waals surface area contributed by atoms with Gasteiger partial charge in [-0.1, -0.05) is 0 Å². The molecule has 0 saturated carbocycles. The molecule has 1 aromatic heterocycles. The molecule has 2 aromatic rings. The summed E-state index contributed by atoms with van der Waals surface area (Å²) in [5.41, 5.74) is 2.21. The first-order valence-corrected chi connectivity index (χ1v) is 7.00. The first-order chi connectivity index (χ1) is 8.99. The maximum atomic E-state index is 13.3. The van der Waals surface area contributed by atoms with E-state index in [1.54, 1.807) is 12.1 Å². The van der Waals surface area contributed by atoms with E-state index in [-0.39, 0.29) is 5.82 Å². The van der Waals surface area contributed by atoms with Crippen LogP contribution >= 0.6 is 0 Å². The Morgan fingerprint density at radius 2 is 1.84 bits per heavy atom. The highest BCUT2D eigenvalue weighted by Gasteiger charge is 2.14. The van der Waals surface area contributed by atoms with Crippen molar-refractivity contribution in [1.29, 1.82) is 0 Å². The number of H-pyrrole nitrogens is 1. The van der Waals surface area contributed by atoms with Crippen LogP contribution in [0.25, 0.3) is 10.9 Å². The van der Waals surface area contributed by atoms with Gasteiger partial charge in [0.05, 0.1) is 0 Å². The van der Waals surface area contributed by atoms with E-state index in [9.17, 15) is 4.39 Å². The Bertz CT molecular complexity index is 535. The lowest BCUT2D eigenvalue weighted by atomic mass is 10.1. The third-order valence-electron chi connectivity index (χ3n) is 3.70. The lowest BCUT2D eigenvalue weighted by molar-refractivity contribution is 0.177. The number of nitrogens with one attached hydrogen (secondary N) is 1. The highest BCUT2D eigenvalue weighted by molar-refractivity contribution is 5.83. The standard InChI is InChI=1S/C16H23FN2/c1-11(2)19(12(3)4)8-7-13-10-18-16-6-5-14(17)9-15(13)16/h5-6,9-12,18H,7-8H2,1-4H3. The molecule has 0 aliphatic rings. The molecule has 1 aromatic carbocycles. The molecule has 0 bridgehead atoms. The Hall–Kier alpha value is -1.35. The summed E-state index contributed by atoms with van der Waals surface area (Å²) in [6.07, 6.45) is 2.95. The number of nitrogens with zero attached hydrogens (tertiary/aromatic N) is 1. The van der Waals surface area contributed by atoms with Gasteiger partial charge in [-0.15, -0.1) is 0 Å². The number of halogens is 1. The summed E-state index contributed by atoms with van der Waals surface area (Å²) < 4.78 is 13.3. The minimum absolute atomic E-state index is 0.169. The van der Waals surface area contributed by atoms with Crippen molar-refractivity contribution in [3.63, 3.8) is 0 Å². The van der Waals surface area contributed by atoms with Gasteiger partial charge in [-0.25, -0.2) is 4.39 Å². The number of hydrogen-bond acceptors (Lipinski definition) is 1. The molecule has 1 heterocycles. The maximum absolute atomic E-state index is 13.3. The molecular formula is C16H23FN2. The van der Waals surface area contributed by atoms with Crippen LogP contribution in [0.3, 0.4) is 0 Å². The molecule has 0 unspecified atom stereocenters. The fourth-order valence-electron chi connectivity index (χ4n) is 2.72. The summed E-state index contributed by atoms with van der Waals surface area (Å²) in [5.74, 6) is -0.169. The van der Waals surface area contributed by atoms with Gasteiger partial charge in [0.15, 0.2) is 0 Å². The smallest absolute Gasteiger partial charge is 0.123 e. The van der Waals surface area contributed by atoms with E-state index in [1.165, 1.54) is 11.6 Å². The number of rotatable bonds is 5. The molecule has 0 aliphatic carbocycles. The summed E-state index contributed by atoms with van der Waals surface area (Å²) in [6.45, 7) is 9.87. The van der Waals surface area contributed by atoms with Gasteiger partial charge in [-0.2, -0.15) is 0 Å². The van der Waals surface area contributed by atoms with Crippen molar-refractivity contribution >= 4 is 10.9 Å². The van der Waals surface area contributed by atoms with Crippen LogP contribution in [0, 0.1) is 5.82 Å². The van der Waals surface area contributed by atoms with Crippen LogP contribution < -0.4 is 0 Å². The Balaban J connectivity index is 2.15. The highest BCUT2D eigenvalue weighted by atomic mass is 19.1. The molecule has 3 heteroatoms. The Morgan fingerprint density at radius 1 is 1.16 bits per heavy atom. The van der Waals surface area contributed by atoms with Crippen LogP contribution in [-0.4, -0.2) is 28.5 Å². The van der Waals surface area contributed by atoms with Crippen LogP contribution in [0.2, 0.25) is 0 Å². The van der Waals surface area contributed by atoms with Gasteiger partial charge in [0.2, 0.25) is 0 Å². The van der Waals surface area contributed by atoms with Crippen LogP contribution in [0.15, 0.2) is 24.4 Å². The van der Waals surface area contributed by atoms with Crippen molar-refractivity contribution in [1.82, 2.24) is 9.88 Å². The summed E-state index contributed by atoms with van der Waals surface area (Å²) in [5, 5.41) is 1.01. The molecule has 0 fully saturated rings. The molecular weight excluding hydrogens is 239 g/mol. The van der Waals surface area contributed by atoms with Gasteiger partial charge in [-0.3, -0.25) is 4.90 Å². The lowest BCUT2D eigenvalue weighted by Gasteiger charge is -2.30. The zero-order chi connectivity index (χ0) is 14.0. The van der Waals surface area contributed by atoms with E-state index in [0.29, 0.717) is 12.1 Å². The van der Waals surface area contributed by atoms with Crippen molar-refractivity contribution in [3.05, 3.63) is 35.8 Å². The third-order valence-corrected chi connectivity index (χ3v) is 3.70. The number of aromatic nitrogens is 1. The van der Waals surface area contributed by atoms with E-state index in [1.807, 2.05) is 6.20 Å². The number of benzene rings is 1. The van der Waals surface area contributed by atoms with Crippen LogP contribution in [0.5, 0.6) is 0 Å². The lowest BCUT2D eigenvalue weighted by Crippen LogP contribution is -2.38. The normalized spacial score (nSPS) is 12.2. The van der Waals surface area contributed by atoms with E-state index in [0.717, 1.165) is 23.9 Å². The minimum atomic E-state index is -0.169. The molecule has 0 atom stereocenters. The maximum Gasteiger partial charge on any atom is 0.123 e. The van der Waals surface area contributed by atoms with E-state index >= 15 is 0 Å². The van der Waals surface area contributed by atoms with E-state index in [2.05, 4.69) is 37.6 Å². The average molecular weight is 262 g/mol. The fourth-order valence-corrected chi connectivity index (χ4v) is 2.72. The van der Waals surface area contributed by atoms with Gasteiger partial charge < -0.3 is 4.98 Å². The van der Waals surface area contributed by atoms with Crippen molar-refractivity contribution in [2.75, 3.05) is 6.54 Å². The Morgan fingerprint density at radius 3 is 2.47 bits per heavy atom. The van der Waals surface area contributed by atoms with Crippen molar-refractivity contribution in [2.24, 2.45) is 0 Å². The van der Waals surface area contributed by atoms with Gasteiger partial charge in [0, 0.05) is 35.7 Å². The second-order valence-electron chi connectivity index (χ2n) is 5.68. The number of fused-ring (bicyclic) bond motifs is 1. The summed E-state index contributed by atoms with van der Waals surface area (Å²) in [6, 6.07) is 5.98. The van der Waals surface area contributed by atoms with E-state index < -0.39 is 0 Å². The summed E-state index contributed by atoms with van der Waals surface area (Å²) >= 11 is 0. The van der Waals surface area contributed by atoms with E-state index in [4.69, 9.17) is 0 Å². The summed E-state index contributed by atoms with van der Waals surface area (Å²) in [4.78, 5) is 5.67. The third kappa shape index (κ3) is 3.16. The summed E-state index contributed by atoms with van der Waals surface area (Å²) in [7, 11) is 0. The molecule has 104 valence electrons. The Labute approximate surface area is 114 Å². The molecule has 0 saturated heterocycles. The van der Waals surface area contributed by atoms with Crippen molar-refractivity contribution < 1.29 is 4.39 Å². The average Bonchev–Trinajstić information content (AvgIpc) is 2.71. The van der Waals surface area contributed by atoms with Crippen LogP contribution in [0.4, 0.5) is 4.39 Å². The van der Waals surface area contributed by atoms with Gasteiger partial charge >= 0.3 is 0 Å². The molecule has 2 nitrogen and oxygen atoms in total. The zero-order valence-corrected chi connectivity index (χ0v) is 12.2. The van der Waals surface area contributed by atoms with Crippen molar-refractivity contribution in [3.8, 4) is 0 Å². The Kier molecular flexibility index (Phi) is 4.25. The fraction of sp³-hybridized carbons (Fsp3) is 0.500. The molecule has 0 radical (unpaired) electrons. The van der Waals surface area contributed by atoms with Gasteiger partial charge in [-0.05, 0) is 57.9 Å². The molecule has 19 heavy (non-hydrogen) atoms. The van der Waals surface area contributed by atoms with Gasteiger partial charge in [0.1, 0.15) is 5.82 Å². The minimum Gasteiger partial charge on any atom is -0.361 e. The second kappa shape index (κ2) is 5.74. The highest BCUT2D eigenvalue weighted by Crippen LogP contribution is 2.20. The molecule has 0 spiro atoms. The van der Waals surface area contributed by atoms with Crippen LogP contribution in [-0.2, 0) is 6.42 Å².